The van der Waals surface area contributed by atoms with E-state index < -0.39 is 0 Å². The Bertz CT molecular complexity index is 559. The van der Waals surface area contributed by atoms with Crippen LogP contribution in [0.4, 0.5) is 0 Å². The van der Waals surface area contributed by atoms with Gasteiger partial charge in [0.1, 0.15) is 5.60 Å². The third kappa shape index (κ3) is 1.62. The van der Waals surface area contributed by atoms with Gasteiger partial charge in [-0.2, -0.15) is 0 Å². The fraction of sp³-hybridized carbons (Fsp3) is 0.400. The van der Waals surface area contributed by atoms with Crippen molar-refractivity contribution in [1.29, 1.82) is 0 Å². The molecule has 1 aromatic carbocycles. The van der Waals surface area contributed by atoms with E-state index in [1.165, 1.54) is 5.56 Å². The third-order valence-electron chi connectivity index (χ3n) is 4.31. The second kappa shape index (κ2) is 4.06. The highest BCUT2D eigenvalue weighted by atomic mass is 127. The molecule has 1 amide bonds. The highest BCUT2D eigenvalue weighted by Gasteiger charge is 2.64. The van der Waals surface area contributed by atoms with Crippen LogP contribution in [0.5, 0.6) is 0 Å². The molecule has 1 spiro atoms. The zero-order chi connectivity index (χ0) is 13.0. The molecule has 4 atom stereocenters. The van der Waals surface area contributed by atoms with Crippen molar-refractivity contribution in [3.63, 3.8) is 0 Å². The quantitative estimate of drug-likeness (QED) is 0.456. The Balaban J connectivity index is 1.61. The summed E-state index contributed by atoms with van der Waals surface area (Å²) in [5, 5.41) is 0. The number of carbonyl (C=O) groups is 1. The second-order valence-electron chi connectivity index (χ2n) is 5.50. The van der Waals surface area contributed by atoms with E-state index in [9.17, 15) is 4.79 Å². The summed E-state index contributed by atoms with van der Waals surface area (Å²) < 4.78 is 6.33. The average Bonchev–Trinajstić information content (AvgIpc) is 3.02. The van der Waals surface area contributed by atoms with Gasteiger partial charge in [0.25, 0.3) is 0 Å². The first-order valence-electron chi connectivity index (χ1n) is 6.54. The zero-order valence-corrected chi connectivity index (χ0v) is 12.5. The molecule has 3 nitrogen and oxygen atoms in total. The number of hydrogen-bond acceptors (Lipinski definition) is 2. The summed E-state index contributed by atoms with van der Waals surface area (Å²) in [7, 11) is 0. The number of amides is 1. The molecule has 2 bridgehead atoms. The number of alkyl halides is 1. The van der Waals surface area contributed by atoms with Crippen LogP contribution in [-0.2, 0) is 16.1 Å². The number of carbonyl (C=O) groups excluding carboxylic acids is 1. The predicted molar refractivity (Wildman–Crippen MR) is 79.9 cm³/mol. The predicted octanol–water partition coefficient (Wildman–Crippen LogP) is 2.16. The van der Waals surface area contributed by atoms with Crippen LogP contribution in [0.25, 0.3) is 0 Å². The fourth-order valence-corrected chi connectivity index (χ4v) is 4.74. The number of fused-ring (bicyclic) bond motifs is 1. The molecule has 1 aromatic rings. The van der Waals surface area contributed by atoms with Crippen LogP contribution in [0.15, 0.2) is 42.5 Å². The molecule has 3 aliphatic rings. The van der Waals surface area contributed by atoms with Gasteiger partial charge in [-0.05, 0) is 5.56 Å². The summed E-state index contributed by atoms with van der Waals surface area (Å²) in [6, 6.07) is 10.1. The topological polar surface area (TPSA) is 29.5 Å². The molecule has 0 unspecified atom stereocenters. The van der Waals surface area contributed by atoms with Crippen molar-refractivity contribution in [3.8, 4) is 0 Å². The lowest BCUT2D eigenvalue weighted by atomic mass is 9.85. The van der Waals surface area contributed by atoms with Crippen molar-refractivity contribution in [2.24, 2.45) is 5.92 Å². The largest absolute Gasteiger partial charge is 0.360 e. The van der Waals surface area contributed by atoms with E-state index >= 15 is 0 Å². The van der Waals surface area contributed by atoms with Gasteiger partial charge in [-0.1, -0.05) is 65.1 Å². The molecule has 2 fully saturated rings. The molecule has 0 aliphatic carbocycles. The SMILES string of the molecule is O=C1[C@H]2[C@@H](I)[C@@H]3C=C[C@@]2(CN1Cc1ccccc1)O3. The van der Waals surface area contributed by atoms with E-state index in [0.29, 0.717) is 13.1 Å². The van der Waals surface area contributed by atoms with Crippen molar-refractivity contribution < 1.29 is 9.53 Å². The lowest BCUT2D eigenvalue weighted by molar-refractivity contribution is -0.131. The minimum Gasteiger partial charge on any atom is -0.360 e. The minimum absolute atomic E-state index is 0.00631. The molecule has 0 saturated carbocycles. The lowest BCUT2D eigenvalue weighted by Gasteiger charge is -2.21. The monoisotopic (exact) mass is 367 g/mol. The normalized spacial score (nSPS) is 39.1. The Labute approximate surface area is 125 Å². The second-order valence-corrected chi connectivity index (χ2v) is 6.94. The number of hydrogen-bond donors (Lipinski definition) is 0. The highest BCUT2D eigenvalue weighted by Crippen LogP contribution is 2.51. The van der Waals surface area contributed by atoms with Crippen molar-refractivity contribution in [1.82, 2.24) is 4.90 Å². The zero-order valence-electron chi connectivity index (χ0n) is 10.3. The van der Waals surface area contributed by atoms with E-state index in [1.807, 2.05) is 23.1 Å². The van der Waals surface area contributed by atoms with Crippen molar-refractivity contribution >= 4 is 28.5 Å². The molecule has 2 saturated heterocycles. The van der Waals surface area contributed by atoms with Gasteiger partial charge in [-0.25, -0.2) is 0 Å². The van der Waals surface area contributed by atoms with Gasteiger partial charge in [0.2, 0.25) is 5.91 Å². The number of ether oxygens (including phenoxy) is 1. The molecule has 4 rings (SSSR count). The molecule has 19 heavy (non-hydrogen) atoms. The first kappa shape index (κ1) is 11.9. The Morgan fingerprint density at radius 2 is 2.16 bits per heavy atom. The summed E-state index contributed by atoms with van der Waals surface area (Å²) in [6.07, 6.45) is 4.36. The number of rotatable bonds is 2. The Hall–Kier alpha value is -0.880. The van der Waals surface area contributed by atoms with Crippen LogP contribution >= 0.6 is 22.6 Å². The summed E-state index contributed by atoms with van der Waals surface area (Å²) in [5.74, 6) is 0.252. The van der Waals surface area contributed by atoms with Crippen LogP contribution in [0.3, 0.4) is 0 Å². The van der Waals surface area contributed by atoms with Gasteiger partial charge in [-0.15, -0.1) is 0 Å². The van der Waals surface area contributed by atoms with Crippen LogP contribution in [0, 0.1) is 5.92 Å². The van der Waals surface area contributed by atoms with Gasteiger partial charge in [-0.3, -0.25) is 4.79 Å². The number of benzene rings is 1. The van der Waals surface area contributed by atoms with Crippen LogP contribution in [0.2, 0.25) is 0 Å². The molecule has 4 heteroatoms. The summed E-state index contributed by atoms with van der Waals surface area (Å²) >= 11 is 2.37. The fourth-order valence-electron chi connectivity index (χ4n) is 3.44. The van der Waals surface area contributed by atoms with E-state index in [2.05, 4.69) is 46.9 Å². The third-order valence-corrected chi connectivity index (χ3v) is 5.74. The van der Waals surface area contributed by atoms with Gasteiger partial charge in [0.15, 0.2) is 0 Å². The van der Waals surface area contributed by atoms with Gasteiger partial charge in [0, 0.05) is 6.54 Å². The van der Waals surface area contributed by atoms with Crippen molar-refractivity contribution in [3.05, 3.63) is 48.0 Å². The summed E-state index contributed by atoms with van der Waals surface area (Å²) in [5.41, 5.74) is 0.832. The Kier molecular flexibility index (Phi) is 2.54. The molecule has 0 radical (unpaired) electrons. The molecule has 0 N–H and O–H groups in total. The maximum atomic E-state index is 12.6. The summed E-state index contributed by atoms with van der Waals surface area (Å²) in [6.45, 7) is 1.38. The molecular formula is C15H14INO2. The molecule has 3 heterocycles. The van der Waals surface area contributed by atoms with E-state index in [1.54, 1.807) is 0 Å². The van der Waals surface area contributed by atoms with E-state index in [-0.39, 0.29) is 27.5 Å². The van der Waals surface area contributed by atoms with Gasteiger partial charge in [0.05, 0.1) is 22.5 Å². The number of nitrogens with zero attached hydrogens (tertiary/aromatic N) is 1. The van der Waals surface area contributed by atoms with Crippen LogP contribution < -0.4 is 0 Å². The average molecular weight is 367 g/mol. The standard InChI is InChI=1S/C15H14INO2/c16-13-11-6-7-15(19-11)9-17(14(18)12(13)15)8-10-4-2-1-3-5-10/h1-7,11-13H,8-9H2/t11-,12+,13-,15-/m0/s1. The van der Waals surface area contributed by atoms with Gasteiger partial charge < -0.3 is 9.64 Å². The van der Waals surface area contributed by atoms with E-state index in [0.717, 1.165) is 0 Å². The lowest BCUT2D eigenvalue weighted by Crippen LogP contribution is -2.35. The van der Waals surface area contributed by atoms with Crippen molar-refractivity contribution in [2.45, 2.75) is 22.2 Å². The highest BCUT2D eigenvalue weighted by molar-refractivity contribution is 14.1. The van der Waals surface area contributed by atoms with Crippen LogP contribution in [0.1, 0.15) is 5.56 Å². The number of likely N-dealkylation sites (tertiary alicyclic amines) is 1. The van der Waals surface area contributed by atoms with E-state index in [4.69, 9.17) is 4.74 Å². The van der Waals surface area contributed by atoms with Crippen molar-refractivity contribution in [2.75, 3.05) is 6.54 Å². The maximum Gasteiger partial charge on any atom is 0.230 e. The van der Waals surface area contributed by atoms with Crippen LogP contribution in [-0.4, -0.2) is 33.0 Å². The smallest absolute Gasteiger partial charge is 0.230 e. The molecule has 3 aliphatic heterocycles. The van der Waals surface area contributed by atoms with Gasteiger partial charge >= 0.3 is 0 Å². The number of halogens is 1. The minimum atomic E-state index is -0.345. The molecule has 0 aromatic heterocycles. The first-order valence-corrected chi connectivity index (χ1v) is 7.78. The summed E-state index contributed by atoms with van der Waals surface area (Å²) in [4.78, 5) is 14.5. The Morgan fingerprint density at radius 1 is 1.37 bits per heavy atom. The molecular weight excluding hydrogens is 353 g/mol. The Morgan fingerprint density at radius 3 is 2.89 bits per heavy atom. The molecule has 98 valence electrons. The maximum absolute atomic E-state index is 12.6. The first-order chi connectivity index (χ1) is 9.20.